The molecule has 1 fully saturated rings. The minimum absolute atomic E-state index is 0.494. The van der Waals surface area contributed by atoms with Crippen LogP contribution < -0.4 is 14.4 Å². The van der Waals surface area contributed by atoms with Gasteiger partial charge in [-0.2, -0.15) is 5.10 Å². The SMILES string of the molecule is COc1ccc(/C=N\N2CC[NH+](Cc3ccccc3Cl)CC2)cc1OCc1ccccc1. The van der Waals surface area contributed by atoms with Gasteiger partial charge >= 0.3 is 0 Å². The topological polar surface area (TPSA) is 38.5 Å². The monoisotopic (exact) mass is 450 g/mol. The molecule has 6 heteroatoms. The standard InChI is InChI=1S/C26H28ClN3O2/c1-31-25-12-11-22(17-26(25)32-20-21-7-3-2-4-8-21)18-28-30-15-13-29(14-16-30)19-23-9-5-6-10-24(23)27/h2-12,17-18H,13-16,19-20H2,1H3/p+1/b28-18-. The van der Waals surface area contributed by atoms with Crippen molar-refractivity contribution in [3.63, 3.8) is 0 Å². The molecule has 0 aliphatic carbocycles. The molecule has 0 unspecified atom stereocenters. The van der Waals surface area contributed by atoms with Crippen molar-refractivity contribution in [2.75, 3.05) is 33.3 Å². The van der Waals surface area contributed by atoms with Crippen molar-refractivity contribution in [3.8, 4) is 11.5 Å². The number of ether oxygens (including phenoxy) is 2. The van der Waals surface area contributed by atoms with Gasteiger partial charge in [-0.1, -0.05) is 60.1 Å². The van der Waals surface area contributed by atoms with Gasteiger partial charge in [-0.15, -0.1) is 0 Å². The number of hydrazone groups is 1. The summed E-state index contributed by atoms with van der Waals surface area (Å²) < 4.78 is 11.5. The van der Waals surface area contributed by atoms with Crippen molar-refractivity contribution in [1.29, 1.82) is 0 Å². The van der Waals surface area contributed by atoms with Crippen LogP contribution in [0.25, 0.3) is 0 Å². The van der Waals surface area contributed by atoms with E-state index in [9.17, 15) is 0 Å². The molecule has 0 amide bonds. The number of halogens is 1. The van der Waals surface area contributed by atoms with E-state index in [1.807, 2.05) is 72.9 Å². The fraction of sp³-hybridized carbons (Fsp3) is 0.269. The highest BCUT2D eigenvalue weighted by atomic mass is 35.5. The lowest BCUT2D eigenvalue weighted by atomic mass is 10.2. The largest absolute Gasteiger partial charge is 0.493 e. The van der Waals surface area contributed by atoms with Gasteiger partial charge in [0.1, 0.15) is 13.2 Å². The average molecular weight is 451 g/mol. The number of rotatable bonds is 8. The van der Waals surface area contributed by atoms with Gasteiger partial charge in [-0.05, 0) is 35.4 Å². The molecule has 0 aromatic heterocycles. The van der Waals surface area contributed by atoms with Gasteiger partial charge in [-0.25, -0.2) is 0 Å². The molecule has 3 aromatic carbocycles. The van der Waals surface area contributed by atoms with E-state index in [0.717, 1.165) is 54.6 Å². The van der Waals surface area contributed by atoms with Crippen molar-refractivity contribution >= 4 is 17.8 Å². The lowest BCUT2D eigenvalue weighted by molar-refractivity contribution is -0.918. The number of benzene rings is 3. The van der Waals surface area contributed by atoms with Crippen LogP contribution in [0.15, 0.2) is 77.9 Å². The van der Waals surface area contributed by atoms with E-state index in [0.29, 0.717) is 12.4 Å². The first-order chi connectivity index (χ1) is 15.7. The van der Waals surface area contributed by atoms with Crippen molar-refractivity contribution in [2.45, 2.75) is 13.2 Å². The maximum atomic E-state index is 6.31. The zero-order chi connectivity index (χ0) is 22.2. The summed E-state index contributed by atoms with van der Waals surface area (Å²) in [6.45, 7) is 5.37. The second kappa shape index (κ2) is 11.0. The molecule has 0 bridgehead atoms. The molecule has 0 radical (unpaired) electrons. The zero-order valence-electron chi connectivity index (χ0n) is 18.3. The van der Waals surface area contributed by atoms with E-state index >= 15 is 0 Å². The summed E-state index contributed by atoms with van der Waals surface area (Å²) in [7, 11) is 1.66. The van der Waals surface area contributed by atoms with E-state index in [2.05, 4.69) is 11.1 Å². The Hall–Kier alpha value is -3.02. The third kappa shape index (κ3) is 6.02. The molecule has 166 valence electrons. The summed E-state index contributed by atoms with van der Waals surface area (Å²) in [5.74, 6) is 1.43. The predicted octanol–water partition coefficient (Wildman–Crippen LogP) is 3.66. The van der Waals surface area contributed by atoms with Crippen LogP contribution in [0.2, 0.25) is 5.02 Å². The summed E-state index contributed by atoms with van der Waals surface area (Å²) in [6, 6.07) is 24.1. The Bertz CT molecular complexity index is 1030. The van der Waals surface area contributed by atoms with Gasteiger partial charge < -0.3 is 14.4 Å². The van der Waals surface area contributed by atoms with Crippen LogP contribution in [0.5, 0.6) is 11.5 Å². The van der Waals surface area contributed by atoms with Crippen molar-refractivity contribution in [1.82, 2.24) is 5.01 Å². The minimum Gasteiger partial charge on any atom is -0.493 e. The van der Waals surface area contributed by atoms with E-state index in [-0.39, 0.29) is 0 Å². The van der Waals surface area contributed by atoms with E-state index in [4.69, 9.17) is 26.2 Å². The predicted molar refractivity (Wildman–Crippen MR) is 129 cm³/mol. The number of hydrogen-bond acceptors (Lipinski definition) is 4. The smallest absolute Gasteiger partial charge is 0.162 e. The van der Waals surface area contributed by atoms with Gasteiger partial charge in [0.25, 0.3) is 0 Å². The van der Waals surface area contributed by atoms with Crippen LogP contribution in [0.1, 0.15) is 16.7 Å². The first kappa shape index (κ1) is 22.2. The Morgan fingerprint density at radius 1 is 0.969 bits per heavy atom. The summed E-state index contributed by atoms with van der Waals surface area (Å²) in [5, 5.41) is 7.68. The fourth-order valence-corrected chi connectivity index (χ4v) is 3.99. The summed E-state index contributed by atoms with van der Waals surface area (Å²) in [5.41, 5.74) is 3.31. The Labute approximate surface area is 194 Å². The molecule has 1 N–H and O–H groups in total. The lowest BCUT2D eigenvalue weighted by Crippen LogP contribution is -3.13. The molecule has 1 saturated heterocycles. The Kier molecular flexibility index (Phi) is 7.64. The Morgan fingerprint density at radius 3 is 2.47 bits per heavy atom. The highest BCUT2D eigenvalue weighted by Crippen LogP contribution is 2.28. The molecule has 1 heterocycles. The quantitative estimate of drug-likeness (QED) is 0.532. The van der Waals surface area contributed by atoms with Crippen molar-refractivity contribution in [2.24, 2.45) is 5.10 Å². The summed E-state index contributed by atoms with van der Waals surface area (Å²) >= 11 is 6.31. The van der Waals surface area contributed by atoms with Gasteiger partial charge in [0.05, 0.1) is 39.5 Å². The Morgan fingerprint density at radius 2 is 1.72 bits per heavy atom. The fourth-order valence-electron chi connectivity index (χ4n) is 3.78. The zero-order valence-corrected chi connectivity index (χ0v) is 19.1. The third-order valence-corrected chi connectivity index (χ3v) is 6.01. The van der Waals surface area contributed by atoms with Crippen LogP contribution in [-0.4, -0.2) is 44.5 Å². The van der Waals surface area contributed by atoms with Gasteiger partial charge in [-0.3, -0.25) is 5.01 Å². The van der Waals surface area contributed by atoms with Gasteiger partial charge in [0.2, 0.25) is 0 Å². The molecule has 0 spiro atoms. The van der Waals surface area contributed by atoms with Crippen molar-refractivity contribution in [3.05, 3.63) is 94.5 Å². The van der Waals surface area contributed by atoms with E-state index < -0.39 is 0 Å². The average Bonchev–Trinajstić information content (AvgIpc) is 2.84. The van der Waals surface area contributed by atoms with Crippen LogP contribution in [-0.2, 0) is 13.2 Å². The molecular weight excluding hydrogens is 422 g/mol. The highest BCUT2D eigenvalue weighted by Gasteiger charge is 2.19. The molecule has 1 aliphatic rings. The molecule has 5 nitrogen and oxygen atoms in total. The van der Waals surface area contributed by atoms with Gasteiger partial charge in [0.15, 0.2) is 11.5 Å². The second-order valence-corrected chi connectivity index (χ2v) is 8.31. The molecule has 0 atom stereocenters. The number of piperazine rings is 1. The maximum Gasteiger partial charge on any atom is 0.162 e. The lowest BCUT2D eigenvalue weighted by Gasteiger charge is -2.30. The number of nitrogens with zero attached hydrogens (tertiary/aromatic N) is 2. The van der Waals surface area contributed by atoms with Crippen LogP contribution in [0.4, 0.5) is 0 Å². The van der Waals surface area contributed by atoms with Crippen LogP contribution >= 0.6 is 11.6 Å². The van der Waals surface area contributed by atoms with E-state index in [1.165, 1.54) is 10.5 Å². The first-order valence-electron chi connectivity index (χ1n) is 10.9. The first-order valence-corrected chi connectivity index (χ1v) is 11.3. The number of methoxy groups -OCH3 is 1. The van der Waals surface area contributed by atoms with Crippen LogP contribution in [0, 0.1) is 0 Å². The number of hydrogen-bond donors (Lipinski definition) is 1. The molecule has 32 heavy (non-hydrogen) atoms. The van der Waals surface area contributed by atoms with Crippen molar-refractivity contribution < 1.29 is 14.4 Å². The molecule has 3 aromatic rings. The van der Waals surface area contributed by atoms with E-state index in [1.54, 1.807) is 7.11 Å². The Balaban J connectivity index is 1.32. The second-order valence-electron chi connectivity index (χ2n) is 7.90. The summed E-state index contributed by atoms with van der Waals surface area (Å²) in [6.07, 6.45) is 1.90. The number of quaternary nitrogens is 1. The molecule has 1 aliphatic heterocycles. The molecule has 0 saturated carbocycles. The molecule has 4 rings (SSSR count). The molecular formula is C26H29ClN3O2+. The highest BCUT2D eigenvalue weighted by molar-refractivity contribution is 6.31. The van der Waals surface area contributed by atoms with Crippen LogP contribution in [0.3, 0.4) is 0 Å². The number of nitrogens with one attached hydrogen (secondary N) is 1. The summed E-state index contributed by atoms with van der Waals surface area (Å²) in [4.78, 5) is 1.53. The normalized spacial score (nSPS) is 14.6. The van der Waals surface area contributed by atoms with Gasteiger partial charge in [0, 0.05) is 10.6 Å². The minimum atomic E-state index is 0.494. The maximum absolute atomic E-state index is 6.31. The third-order valence-electron chi connectivity index (χ3n) is 5.64.